The van der Waals surface area contributed by atoms with Crippen molar-refractivity contribution in [3.8, 4) is 0 Å². The summed E-state index contributed by atoms with van der Waals surface area (Å²) < 4.78 is 7.20. The summed E-state index contributed by atoms with van der Waals surface area (Å²) in [4.78, 5) is 0. The van der Waals surface area contributed by atoms with E-state index in [0.717, 1.165) is 0 Å². The number of epoxide rings is 1. The molecule has 0 spiro atoms. The summed E-state index contributed by atoms with van der Waals surface area (Å²) in [5.74, 6) is 2.62. The fourth-order valence-corrected chi connectivity index (χ4v) is 5.41. The third kappa shape index (κ3) is 7.84. The molecule has 0 aromatic heterocycles. The summed E-state index contributed by atoms with van der Waals surface area (Å²) in [5, 5.41) is 0. The molecule has 0 aliphatic carbocycles. The lowest BCUT2D eigenvalue weighted by Gasteiger charge is -2.11. The Bertz CT molecular complexity index is 480. The molecule has 0 saturated carbocycles. The van der Waals surface area contributed by atoms with E-state index in [4.69, 9.17) is 4.74 Å². The van der Waals surface area contributed by atoms with Crippen LogP contribution in [0.15, 0.2) is 33.6 Å². The predicted molar refractivity (Wildman–Crippen MR) is 112 cm³/mol. The Balaban J connectivity index is 1.56. The van der Waals surface area contributed by atoms with Crippen molar-refractivity contribution < 1.29 is 4.74 Å². The molecule has 0 aromatic rings. The molecular weight excluding hydrogens is 332 g/mol. The smallest absolute Gasteiger partial charge is 0.0892 e. The van der Waals surface area contributed by atoms with Gasteiger partial charge in [-0.05, 0) is 84.1 Å². The van der Waals surface area contributed by atoms with Crippen LogP contribution in [-0.2, 0) is 4.74 Å². The largest absolute Gasteiger partial charge is 0.367 e. The van der Waals surface area contributed by atoms with Crippen molar-refractivity contribution in [3.05, 3.63) is 33.6 Å². The first-order valence-electron chi connectivity index (χ1n) is 9.42. The molecule has 2 saturated heterocycles. The van der Waals surface area contributed by atoms with Crippen molar-refractivity contribution >= 4 is 23.5 Å². The highest BCUT2D eigenvalue weighted by Crippen LogP contribution is 2.39. The molecule has 0 amide bonds. The van der Waals surface area contributed by atoms with Gasteiger partial charge in [0.1, 0.15) is 0 Å². The van der Waals surface area contributed by atoms with Crippen molar-refractivity contribution in [1.82, 2.24) is 0 Å². The van der Waals surface area contributed by atoms with Crippen LogP contribution in [0, 0.1) is 0 Å². The zero-order valence-electron chi connectivity index (χ0n) is 15.9. The summed E-state index contributed by atoms with van der Waals surface area (Å²) in [6.07, 6.45) is 16.2. The minimum Gasteiger partial charge on any atom is -0.367 e. The fourth-order valence-electron chi connectivity index (χ4n) is 2.94. The molecule has 0 aromatic carbocycles. The molecule has 136 valence electrons. The minimum atomic E-state index is 0.142. The molecule has 2 aliphatic rings. The maximum absolute atomic E-state index is 5.65. The second kappa shape index (κ2) is 10.1. The lowest BCUT2D eigenvalue weighted by molar-refractivity contribution is 0.320. The van der Waals surface area contributed by atoms with E-state index in [0.29, 0.717) is 6.10 Å². The van der Waals surface area contributed by atoms with Gasteiger partial charge in [-0.2, -0.15) is 0 Å². The van der Waals surface area contributed by atoms with E-state index in [2.05, 4.69) is 45.9 Å². The molecule has 1 unspecified atom stereocenters. The number of hydrogen-bond acceptors (Lipinski definition) is 3. The van der Waals surface area contributed by atoms with E-state index >= 15 is 0 Å². The first-order chi connectivity index (χ1) is 11.5. The van der Waals surface area contributed by atoms with E-state index in [1.165, 1.54) is 67.6 Å². The van der Waals surface area contributed by atoms with Crippen molar-refractivity contribution in [3.63, 3.8) is 0 Å². The van der Waals surface area contributed by atoms with Gasteiger partial charge in [-0.3, -0.25) is 0 Å². The molecule has 0 N–H and O–H groups in total. The first-order valence-corrected chi connectivity index (χ1v) is 11.4. The third-order valence-corrected chi connectivity index (χ3v) is 7.34. The molecule has 2 aliphatic heterocycles. The standard InChI is InChI=1S/C21H34OS2/c1-17(9-5-6-12-20-23-15-8-16-24-20)10-7-11-18(2)13-14-19-21(3,4)22-19/h9,11-12,19H,5-8,10,13-16H2,1-4H3/b17-9+,18-11+. The fraction of sp³-hybridized carbons (Fsp3) is 0.714. The van der Waals surface area contributed by atoms with Gasteiger partial charge >= 0.3 is 0 Å². The quantitative estimate of drug-likeness (QED) is 0.245. The molecule has 24 heavy (non-hydrogen) atoms. The number of hydrogen-bond donors (Lipinski definition) is 0. The molecule has 0 bridgehead atoms. The van der Waals surface area contributed by atoms with Gasteiger partial charge in [-0.15, -0.1) is 23.5 Å². The number of rotatable bonds is 9. The number of thioether (sulfide) groups is 2. The molecule has 3 heteroatoms. The number of allylic oxidation sites excluding steroid dienone is 5. The molecule has 2 fully saturated rings. The van der Waals surface area contributed by atoms with Gasteiger partial charge in [0, 0.05) is 4.24 Å². The van der Waals surface area contributed by atoms with Crippen LogP contribution in [0.2, 0.25) is 0 Å². The van der Waals surface area contributed by atoms with E-state index < -0.39 is 0 Å². The van der Waals surface area contributed by atoms with Crippen LogP contribution in [0.4, 0.5) is 0 Å². The zero-order chi connectivity index (χ0) is 17.4. The Morgan fingerprint density at radius 1 is 1.04 bits per heavy atom. The van der Waals surface area contributed by atoms with Gasteiger partial charge < -0.3 is 4.74 Å². The van der Waals surface area contributed by atoms with Crippen LogP contribution in [0.3, 0.4) is 0 Å². The zero-order valence-corrected chi connectivity index (χ0v) is 17.5. The van der Waals surface area contributed by atoms with Gasteiger partial charge in [0.05, 0.1) is 11.7 Å². The Morgan fingerprint density at radius 3 is 2.33 bits per heavy atom. The SMILES string of the molecule is C/C(=C\CCC=C1SCCCS1)CC/C=C(\C)CCC1OC1(C)C. The van der Waals surface area contributed by atoms with Gasteiger partial charge in [0.25, 0.3) is 0 Å². The highest BCUT2D eigenvalue weighted by molar-refractivity contribution is 8.22. The van der Waals surface area contributed by atoms with Gasteiger partial charge in [0.15, 0.2) is 0 Å². The van der Waals surface area contributed by atoms with E-state index in [-0.39, 0.29) is 5.60 Å². The molecule has 0 radical (unpaired) electrons. The molecule has 2 heterocycles. The van der Waals surface area contributed by atoms with Crippen molar-refractivity contribution in [2.75, 3.05) is 11.5 Å². The van der Waals surface area contributed by atoms with Gasteiger partial charge in [0.2, 0.25) is 0 Å². The Labute approximate surface area is 157 Å². The van der Waals surface area contributed by atoms with Gasteiger partial charge in [-0.1, -0.05) is 29.4 Å². The van der Waals surface area contributed by atoms with Crippen LogP contribution < -0.4 is 0 Å². The molecule has 2 rings (SSSR count). The Morgan fingerprint density at radius 2 is 1.67 bits per heavy atom. The van der Waals surface area contributed by atoms with Crippen molar-refractivity contribution in [2.24, 2.45) is 0 Å². The van der Waals surface area contributed by atoms with Crippen LogP contribution in [0.5, 0.6) is 0 Å². The summed E-state index contributed by atoms with van der Waals surface area (Å²) in [7, 11) is 0. The Kier molecular flexibility index (Phi) is 8.53. The topological polar surface area (TPSA) is 12.5 Å². The van der Waals surface area contributed by atoms with Crippen LogP contribution >= 0.6 is 23.5 Å². The number of ether oxygens (including phenoxy) is 1. The Hall–Kier alpha value is -0.120. The molecular formula is C21H34OS2. The predicted octanol–water partition coefficient (Wildman–Crippen LogP) is 7.11. The summed E-state index contributed by atoms with van der Waals surface area (Å²) >= 11 is 4.07. The van der Waals surface area contributed by atoms with Crippen LogP contribution in [-0.4, -0.2) is 23.2 Å². The minimum absolute atomic E-state index is 0.142. The lowest BCUT2D eigenvalue weighted by Crippen LogP contribution is -2.02. The molecule has 1 nitrogen and oxygen atoms in total. The normalized spacial score (nSPS) is 24.2. The monoisotopic (exact) mass is 366 g/mol. The lowest BCUT2D eigenvalue weighted by atomic mass is 10.0. The maximum atomic E-state index is 5.65. The highest BCUT2D eigenvalue weighted by atomic mass is 32.2. The number of unbranched alkanes of at least 4 members (excludes halogenated alkanes) is 1. The van der Waals surface area contributed by atoms with Crippen LogP contribution in [0.25, 0.3) is 0 Å². The maximum Gasteiger partial charge on any atom is 0.0892 e. The van der Waals surface area contributed by atoms with Crippen molar-refractivity contribution in [2.45, 2.75) is 84.3 Å². The third-order valence-electron chi connectivity index (χ3n) is 4.74. The summed E-state index contributed by atoms with van der Waals surface area (Å²) in [6, 6.07) is 0. The first kappa shape index (κ1) is 20.2. The summed E-state index contributed by atoms with van der Waals surface area (Å²) in [5.41, 5.74) is 3.20. The van der Waals surface area contributed by atoms with Crippen LogP contribution in [0.1, 0.15) is 72.6 Å². The average Bonchev–Trinajstić information content (AvgIpc) is 3.18. The molecule has 1 atom stereocenters. The van der Waals surface area contributed by atoms with E-state index in [1.807, 2.05) is 23.5 Å². The van der Waals surface area contributed by atoms with Gasteiger partial charge in [-0.25, -0.2) is 0 Å². The van der Waals surface area contributed by atoms with E-state index in [1.54, 1.807) is 4.24 Å². The average molecular weight is 367 g/mol. The highest BCUT2D eigenvalue weighted by Gasteiger charge is 2.46. The van der Waals surface area contributed by atoms with E-state index in [9.17, 15) is 0 Å². The van der Waals surface area contributed by atoms with Crippen molar-refractivity contribution in [1.29, 1.82) is 0 Å². The summed E-state index contributed by atoms with van der Waals surface area (Å²) in [6.45, 7) is 8.92. The second-order valence-electron chi connectivity index (χ2n) is 7.54. The second-order valence-corrected chi connectivity index (χ2v) is 10.1.